The Bertz CT molecular complexity index is 969. The number of ether oxygens (including phenoxy) is 2. The van der Waals surface area contributed by atoms with E-state index in [0.29, 0.717) is 50.4 Å². The molecule has 0 radical (unpaired) electrons. The van der Waals surface area contributed by atoms with E-state index in [1.807, 2.05) is 13.8 Å². The number of hydrogen-bond donors (Lipinski definition) is 0. The summed E-state index contributed by atoms with van der Waals surface area (Å²) >= 11 is 0. The van der Waals surface area contributed by atoms with Crippen molar-refractivity contribution >= 4 is 11.6 Å². The van der Waals surface area contributed by atoms with Gasteiger partial charge in [-0.05, 0) is 44.0 Å². The number of hydrogen-bond acceptors (Lipinski definition) is 6. The Balaban J connectivity index is 1.64. The zero-order valence-electron chi connectivity index (χ0n) is 18.1. The van der Waals surface area contributed by atoms with Gasteiger partial charge in [-0.25, -0.2) is 4.98 Å². The van der Waals surface area contributed by atoms with E-state index in [0.717, 1.165) is 29.3 Å². The van der Waals surface area contributed by atoms with Crippen molar-refractivity contribution in [3.8, 4) is 0 Å². The zero-order valence-corrected chi connectivity index (χ0v) is 18.1. The van der Waals surface area contributed by atoms with E-state index in [1.165, 1.54) is 6.07 Å². The van der Waals surface area contributed by atoms with Gasteiger partial charge in [0.2, 0.25) is 0 Å². The van der Waals surface area contributed by atoms with E-state index in [-0.39, 0.29) is 24.4 Å². The third kappa shape index (κ3) is 5.10. The normalized spacial score (nSPS) is 21.7. The Kier molecular flexibility index (Phi) is 6.48. The first-order valence-electron chi connectivity index (χ1n) is 10.8. The lowest BCUT2D eigenvalue weighted by molar-refractivity contribution is -0.137. The van der Waals surface area contributed by atoms with Crippen molar-refractivity contribution < 1.29 is 27.4 Å². The number of rotatable bonds is 4. The van der Waals surface area contributed by atoms with Gasteiger partial charge in [0.1, 0.15) is 5.82 Å². The van der Waals surface area contributed by atoms with E-state index in [2.05, 4.69) is 9.88 Å². The minimum absolute atomic E-state index is 0.0400. The summed E-state index contributed by atoms with van der Waals surface area (Å²) in [6.45, 7) is 6.37. The summed E-state index contributed by atoms with van der Waals surface area (Å²) in [6, 6.07) is 4.02. The minimum atomic E-state index is -4.46. The van der Waals surface area contributed by atoms with Crippen LogP contribution in [0.15, 0.2) is 24.4 Å². The molecular formula is C23H26F3N3O3. The Morgan fingerprint density at radius 2 is 1.88 bits per heavy atom. The number of fused-ring (bicyclic) bond motifs is 1. The SMILES string of the molecule is C[C@@H]1CN(c2cc(C(=O)Cc3ccc(C(F)(F)F)cn3)c3c(n2)CCOCC3)C[C@H](C)O1. The van der Waals surface area contributed by atoms with Crippen molar-refractivity contribution in [2.45, 2.75) is 51.5 Å². The number of ketones is 1. The maximum Gasteiger partial charge on any atom is 0.417 e. The fourth-order valence-electron chi connectivity index (χ4n) is 4.27. The fourth-order valence-corrected chi connectivity index (χ4v) is 4.27. The largest absolute Gasteiger partial charge is 0.417 e. The van der Waals surface area contributed by atoms with E-state index < -0.39 is 11.7 Å². The molecule has 1 saturated heterocycles. The highest BCUT2D eigenvalue weighted by atomic mass is 19.4. The van der Waals surface area contributed by atoms with Crippen LogP contribution in [0.2, 0.25) is 0 Å². The van der Waals surface area contributed by atoms with Gasteiger partial charge in [-0.2, -0.15) is 13.2 Å². The lowest BCUT2D eigenvalue weighted by atomic mass is 9.96. The molecule has 0 N–H and O–H groups in total. The summed E-state index contributed by atoms with van der Waals surface area (Å²) in [4.78, 5) is 24.1. The molecule has 0 spiro atoms. The number of morpholine rings is 1. The molecular weight excluding hydrogens is 423 g/mol. The van der Waals surface area contributed by atoms with Crippen molar-refractivity contribution in [3.63, 3.8) is 0 Å². The second-order valence-corrected chi connectivity index (χ2v) is 8.36. The summed E-state index contributed by atoms with van der Waals surface area (Å²) in [5.74, 6) is 0.532. The first kappa shape index (κ1) is 22.7. The molecule has 2 aromatic rings. The van der Waals surface area contributed by atoms with Gasteiger partial charge in [0.15, 0.2) is 5.78 Å². The number of carbonyl (C=O) groups excluding carboxylic acids is 1. The highest BCUT2D eigenvalue weighted by Gasteiger charge is 2.31. The van der Waals surface area contributed by atoms with Crippen LogP contribution in [-0.2, 0) is 34.9 Å². The molecule has 0 aliphatic carbocycles. The Hall–Kier alpha value is -2.52. The van der Waals surface area contributed by atoms with Gasteiger partial charge in [0, 0.05) is 42.7 Å². The van der Waals surface area contributed by atoms with Crippen molar-refractivity contribution in [3.05, 3.63) is 52.5 Å². The van der Waals surface area contributed by atoms with Crippen LogP contribution in [0.3, 0.4) is 0 Å². The van der Waals surface area contributed by atoms with Gasteiger partial charge in [-0.3, -0.25) is 9.78 Å². The number of pyridine rings is 2. The highest BCUT2D eigenvalue weighted by Crippen LogP contribution is 2.29. The predicted molar refractivity (Wildman–Crippen MR) is 112 cm³/mol. The van der Waals surface area contributed by atoms with E-state index in [4.69, 9.17) is 14.5 Å². The maximum atomic E-state index is 13.3. The summed E-state index contributed by atoms with van der Waals surface area (Å²) in [6.07, 6.45) is -2.51. The molecule has 6 nitrogen and oxygen atoms in total. The highest BCUT2D eigenvalue weighted by molar-refractivity contribution is 5.99. The van der Waals surface area contributed by atoms with Crippen LogP contribution in [0.4, 0.5) is 19.0 Å². The third-order valence-electron chi connectivity index (χ3n) is 5.71. The molecule has 172 valence electrons. The number of carbonyl (C=O) groups is 1. The van der Waals surface area contributed by atoms with Crippen molar-refractivity contribution in [1.82, 2.24) is 9.97 Å². The number of nitrogens with zero attached hydrogens (tertiary/aromatic N) is 3. The maximum absolute atomic E-state index is 13.3. The zero-order chi connectivity index (χ0) is 22.9. The molecule has 0 aromatic carbocycles. The Labute approximate surface area is 184 Å². The van der Waals surface area contributed by atoms with Gasteiger partial charge < -0.3 is 14.4 Å². The van der Waals surface area contributed by atoms with Gasteiger partial charge >= 0.3 is 6.18 Å². The molecule has 9 heteroatoms. The van der Waals surface area contributed by atoms with Crippen LogP contribution in [-0.4, -0.2) is 54.3 Å². The molecule has 2 atom stereocenters. The predicted octanol–water partition coefficient (Wildman–Crippen LogP) is 3.65. The van der Waals surface area contributed by atoms with Crippen LogP contribution in [0, 0.1) is 0 Å². The van der Waals surface area contributed by atoms with Crippen LogP contribution in [0.1, 0.15) is 46.7 Å². The number of Topliss-reactive ketones (excluding diaryl/α,β-unsaturated/α-hetero) is 1. The van der Waals surface area contributed by atoms with E-state index in [9.17, 15) is 18.0 Å². The number of anilines is 1. The molecule has 2 aliphatic rings. The molecule has 0 bridgehead atoms. The Morgan fingerprint density at radius 1 is 1.16 bits per heavy atom. The first-order valence-corrected chi connectivity index (χ1v) is 10.8. The lowest BCUT2D eigenvalue weighted by Gasteiger charge is -2.36. The lowest BCUT2D eigenvalue weighted by Crippen LogP contribution is -2.46. The van der Waals surface area contributed by atoms with Gasteiger partial charge in [0.05, 0.1) is 37.4 Å². The first-order chi connectivity index (χ1) is 15.2. The quantitative estimate of drug-likeness (QED) is 0.664. The number of halogens is 3. The Morgan fingerprint density at radius 3 is 2.53 bits per heavy atom. The van der Waals surface area contributed by atoms with E-state index in [1.54, 1.807) is 6.07 Å². The van der Waals surface area contributed by atoms with Crippen molar-refractivity contribution in [2.75, 3.05) is 31.2 Å². The summed E-state index contributed by atoms with van der Waals surface area (Å²) in [5, 5.41) is 0. The standard InChI is InChI=1S/C23H26F3N3O3/c1-14-12-29(13-15(2)32-14)22-10-19(18-5-7-31-8-6-20(18)28-22)21(30)9-17-4-3-16(11-27-17)23(24,25)26/h3-4,10-11,14-15H,5-9,12-13H2,1-2H3/t14-,15+. The van der Waals surface area contributed by atoms with Gasteiger partial charge in [0.25, 0.3) is 0 Å². The topological polar surface area (TPSA) is 64.6 Å². The van der Waals surface area contributed by atoms with Gasteiger partial charge in [-0.15, -0.1) is 0 Å². The van der Waals surface area contributed by atoms with Crippen LogP contribution in [0.25, 0.3) is 0 Å². The molecule has 4 heterocycles. The third-order valence-corrected chi connectivity index (χ3v) is 5.71. The van der Waals surface area contributed by atoms with E-state index >= 15 is 0 Å². The molecule has 0 unspecified atom stereocenters. The van der Waals surface area contributed by atoms with Crippen molar-refractivity contribution in [2.24, 2.45) is 0 Å². The average molecular weight is 449 g/mol. The number of alkyl halides is 3. The number of aromatic nitrogens is 2. The van der Waals surface area contributed by atoms with Crippen LogP contribution < -0.4 is 4.90 Å². The average Bonchev–Trinajstić information content (AvgIpc) is 2.97. The molecule has 1 fully saturated rings. The molecule has 32 heavy (non-hydrogen) atoms. The molecule has 0 amide bonds. The second kappa shape index (κ2) is 9.15. The summed E-state index contributed by atoms with van der Waals surface area (Å²) < 4.78 is 49.8. The minimum Gasteiger partial charge on any atom is -0.381 e. The summed E-state index contributed by atoms with van der Waals surface area (Å²) in [5.41, 5.74) is 1.71. The summed E-state index contributed by atoms with van der Waals surface area (Å²) in [7, 11) is 0. The monoisotopic (exact) mass is 449 g/mol. The fraction of sp³-hybridized carbons (Fsp3) is 0.522. The molecule has 0 saturated carbocycles. The molecule has 2 aromatic heterocycles. The molecule has 4 rings (SSSR count). The van der Waals surface area contributed by atoms with Crippen LogP contribution in [0.5, 0.6) is 0 Å². The molecule has 2 aliphatic heterocycles. The van der Waals surface area contributed by atoms with Crippen molar-refractivity contribution in [1.29, 1.82) is 0 Å². The van der Waals surface area contributed by atoms with Crippen LogP contribution >= 0.6 is 0 Å². The smallest absolute Gasteiger partial charge is 0.381 e. The van der Waals surface area contributed by atoms with Gasteiger partial charge in [-0.1, -0.05) is 0 Å². The second-order valence-electron chi connectivity index (χ2n) is 8.36.